The molecule has 0 saturated heterocycles. The second-order valence-electron chi connectivity index (χ2n) is 5.22. The van der Waals surface area contributed by atoms with Crippen LogP contribution in [0.3, 0.4) is 0 Å². The first kappa shape index (κ1) is 13.9. The van der Waals surface area contributed by atoms with Gasteiger partial charge in [-0.25, -0.2) is 0 Å². The van der Waals surface area contributed by atoms with Crippen LogP contribution in [0.4, 0.5) is 0 Å². The Morgan fingerprint density at radius 3 is 2.62 bits per heavy atom. The quantitative estimate of drug-likeness (QED) is 0.633. The summed E-state index contributed by atoms with van der Waals surface area (Å²) in [4.78, 5) is 0. The van der Waals surface area contributed by atoms with E-state index in [4.69, 9.17) is 4.74 Å². The maximum absolute atomic E-state index is 9.70. The van der Waals surface area contributed by atoms with Crippen LogP contribution in [0.5, 0.6) is 0 Å². The van der Waals surface area contributed by atoms with Crippen LogP contribution in [0, 0.1) is 11.8 Å². The molecule has 0 aromatic rings. The Balaban J connectivity index is 1.97. The summed E-state index contributed by atoms with van der Waals surface area (Å²) in [5.74, 6) is 1.43. The molecule has 0 bridgehead atoms. The van der Waals surface area contributed by atoms with E-state index in [-0.39, 0.29) is 6.10 Å². The first-order valence-electron chi connectivity index (χ1n) is 6.62. The average Bonchev–Trinajstić information content (AvgIpc) is 3.08. The zero-order chi connectivity index (χ0) is 12.0. The standard InChI is InChI=1S/C13H27NO2/c1-4-10(2)11(3)14-7-13(15)9-16-8-12-5-6-12/h10-15H,4-9H2,1-3H3. The smallest absolute Gasteiger partial charge is 0.0897 e. The van der Waals surface area contributed by atoms with Crippen molar-refractivity contribution in [1.29, 1.82) is 0 Å². The van der Waals surface area contributed by atoms with Crippen LogP contribution in [0.1, 0.15) is 40.0 Å². The van der Waals surface area contributed by atoms with Gasteiger partial charge in [-0.1, -0.05) is 20.3 Å². The number of aliphatic hydroxyl groups excluding tert-OH is 1. The molecule has 3 unspecified atom stereocenters. The third-order valence-electron chi connectivity index (χ3n) is 3.53. The van der Waals surface area contributed by atoms with Gasteiger partial charge in [0.1, 0.15) is 0 Å². The van der Waals surface area contributed by atoms with E-state index in [1.54, 1.807) is 0 Å². The van der Waals surface area contributed by atoms with E-state index in [1.165, 1.54) is 19.3 Å². The number of rotatable bonds is 9. The van der Waals surface area contributed by atoms with Crippen molar-refractivity contribution in [2.45, 2.75) is 52.2 Å². The summed E-state index contributed by atoms with van der Waals surface area (Å²) in [7, 11) is 0. The van der Waals surface area contributed by atoms with Gasteiger partial charge in [0.25, 0.3) is 0 Å². The highest BCUT2D eigenvalue weighted by atomic mass is 16.5. The van der Waals surface area contributed by atoms with Crippen LogP contribution in [0.25, 0.3) is 0 Å². The van der Waals surface area contributed by atoms with Crippen molar-refractivity contribution >= 4 is 0 Å². The highest BCUT2D eigenvalue weighted by Crippen LogP contribution is 2.28. The average molecular weight is 229 g/mol. The minimum atomic E-state index is -0.370. The molecule has 1 aliphatic carbocycles. The van der Waals surface area contributed by atoms with Crippen LogP contribution in [0.15, 0.2) is 0 Å². The zero-order valence-electron chi connectivity index (χ0n) is 10.9. The molecule has 0 amide bonds. The Morgan fingerprint density at radius 2 is 2.06 bits per heavy atom. The fourth-order valence-corrected chi connectivity index (χ4v) is 1.59. The van der Waals surface area contributed by atoms with Gasteiger partial charge in [0.05, 0.1) is 12.7 Å². The third-order valence-corrected chi connectivity index (χ3v) is 3.53. The Labute approximate surface area is 99.6 Å². The van der Waals surface area contributed by atoms with Crippen LogP contribution in [-0.4, -0.2) is 37.0 Å². The van der Waals surface area contributed by atoms with E-state index in [0.29, 0.717) is 25.1 Å². The minimum absolute atomic E-state index is 0.370. The monoisotopic (exact) mass is 229 g/mol. The highest BCUT2D eigenvalue weighted by molar-refractivity contribution is 4.73. The van der Waals surface area contributed by atoms with Crippen molar-refractivity contribution in [2.75, 3.05) is 19.8 Å². The van der Waals surface area contributed by atoms with Crippen molar-refractivity contribution in [1.82, 2.24) is 5.32 Å². The largest absolute Gasteiger partial charge is 0.389 e. The van der Waals surface area contributed by atoms with Crippen molar-refractivity contribution < 1.29 is 9.84 Å². The Kier molecular flexibility index (Phi) is 6.32. The molecule has 0 aromatic carbocycles. The summed E-state index contributed by atoms with van der Waals surface area (Å²) < 4.78 is 5.45. The molecular weight excluding hydrogens is 202 g/mol. The normalized spacial score (nSPS) is 21.8. The van der Waals surface area contributed by atoms with Crippen LogP contribution < -0.4 is 5.32 Å². The summed E-state index contributed by atoms with van der Waals surface area (Å²) in [5.41, 5.74) is 0. The fraction of sp³-hybridized carbons (Fsp3) is 1.00. The summed E-state index contributed by atoms with van der Waals surface area (Å²) >= 11 is 0. The zero-order valence-corrected chi connectivity index (χ0v) is 10.9. The second kappa shape index (κ2) is 7.25. The SMILES string of the molecule is CCC(C)C(C)NCC(O)COCC1CC1. The van der Waals surface area contributed by atoms with Crippen LogP contribution in [0.2, 0.25) is 0 Å². The first-order valence-corrected chi connectivity index (χ1v) is 6.62. The molecule has 1 rings (SSSR count). The van der Waals surface area contributed by atoms with Crippen LogP contribution in [-0.2, 0) is 4.74 Å². The predicted molar refractivity (Wildman–Crippen MR) is 66.5 cm³/mol. The number of ether oxygens (including phenoxy) is 1. The number of aliphatic hydroxyl groups is 1. The molecule has 0 aliphatic heterocycles. The van der Waals surface area contributed by atoms with Gasteiger partial charge < -0.3 is 15.2 Å². The molecule has 0 aromatic heterocycles. The van der Waals surface area contributed by atoms with Crippen LogP contribution >= 0.6 is 0 Å². The first-order chi connectivity index (χ1) is 7.63. The highest BCUT2D eigenvalue weighted by Gasteiger charge is 2.21. The lowest BCUT2D eigenvalue weighted by molar-refractivity contribution is 0.0307. The Hall–Kier alpha value is -0.120. The van der Waals surface area contributed by atoms with Crippen molar-refractivity contribution in [3.63, 3.8) is 0 Å². The predicted octanol–water partition coefficient (Wildman–Crippen LogP) is 1.80. The molecule has 3 atom stereocenters. The van der Waals surface area contributed by atoms with Gasteiger partial charge in [-0.2, -0.15) is 0 Å². The molecule has 3 heteroatoms. The number of nitrogens with one attached hydrogen (secondary N) is 1. The summed E-state index contributed by atoms with van der Waals surface area (Å²) in [6, 6.07) is 0.461. The Morgan fingerprint density at radius 1 is 1.38 bits per heavy atom. The lowest BCUT2D eigenvalue weighted by Crippen LogP contribution is -2.39. The van der Waals surface area contributed by atoms with E-state index in [1.807, 2.05) is 0 Å². The van der Waals surface area contributed by atoms with E-state index >= 15 is 0 Å². The number of hydrogen-bond acceptors (Lipinski definition) is 3. The second-order valence-corrected chi connectivity index (χ2v) is 5.22. The lowest BCUT2D eigenvalue weighted by atomic mass is 10.0. The summed E-state index contributed by atoms with van der Waals surface area (Å²) in [5, 5.41) is 13.1. The minimum Gasteiger partial charge on any atom is -0.389 e. The summed E-state index contributed by atoms with van der Waals surface area (Å²) in [6.45, 7) is 8.53. The lowest BCUT2D eigenvalue weighted by Gasteiger charge is -2.21. The van der Waals surface area contributed by atoms with Crippen molar-refractivity contribution in [3.05, 3.63) is 0 Å². The molecule has 1 aliphatic rings. The molecule has 16 heavy (non-hydrogen) atoms. The Bertz CT molecular complexity index is 183. The van der Waals surface area contributed by atoms with Gasteiger partial charge in [-0.3, -0.25) is 0 Å². The van der Waals surface area contributed by atoms with E-state index in [0.717, 1.165) is 12.5 Å². The van der Waals surface area contributed by atoms with Gasteiger partial charge in [-0.15, -0.1) is 0 Å². The summed E-state index contributed by atoms with van der Waals surface area (Å²) in [6.07, 6.45) is 3.41. The molecule has 1 fully saturated rings. The fourth-order valence-electron chi connectivity index (χ4n) is 1.59. The van der Waals surface area contributed by atoms with E-state index in [9.17, 15) is 5.11 Å². The van der Waals surface area contributed by atoms with Crippen molar-refractivity contribution in [3.8, 4) is 0 Å². The maximum atomic E-state index is 9.70. The third kappa shape index (κ3) is 5.83. The maximum Gasteiger partial charge on any atom is 0.0897 e. The van der Waals surface area contributed by atoms with E-state index in [2.05, 4.69) is 26.1 Å². The van der Waals surface area contributed by atoms with E-state index < -0.39 is 0 Å². The molecule has 0 radical (unpaired) electrons. The molecule has 96 valence electrons. The molecule has 2 N–H and O–H groups in total. The molecule has 0 heterocycles. The molecule has 0 spiro atoms. The van der Waals surface area contributed by atoms with Gasteiger partial charge in [-0.05, 0) is 31.6 Å². The number of hydrogen-bond donors (Lipinski definition) is 2. The molecule has 1 saturated carbocycles. The van der Waals surface area contributed by atoms with Gasteiger partial charge in [0.15, 0.2) is 0 Å². The topological polar surface area (TPSA) is 41.5 Å². The van der Waals surface area contributed by atoms with Gasteiger partial charge in [0.2, 0.25) is 0 Å². The van der Waals surface area contributed by atoms with Gasteiger partial charge in [0, 0.05) is 19.2 Å². The van der Waals surface area contributed by atoms with Crippen molar-refractivity contribution in [2.24, 2.45) is 11.8 Å². The molecular formula is C13H27NO2. The molecule has 3 nitrogen and oxygen atoms in total. The van der Waals surface area contributed by atoms with Gasteiger partial charge >= 0.3 is 0 Å².